The third-order valence-electron chi connectivity index (χ3n) is 0.0667. The van der Waals surface area contributed by atoms with Gasteiger partial charge in [0.1, 0.15) is 0 Å². The Balaban J connectivity index is 0. The second-order valence-electron chi connectivity index (χ2n) is 0.265. The van der Waals surface area contributed by atoms with Crippen molar-refractivity contribution in [3.8, 4) is 0 Å². The predicted octanol–water partition coefficient (Wildman–Crippen LogP) is -2.83. The molecule has 0 aliphatic carbocycles. The van der Waals surface area contributed by atoms with E-state index in [1.165, 1.54) is 0 Å². The van der Waals surface area contributed by atoms with Gasteiger partial charge in [-0.05, 0) is 0 Å². The van der Waals surface area contributed by atoms with E-state index in [-0.39, 0.29) is 51.4 Å². The molecule has 2 nitrogen and oxygen atoms in total. The first-order valence-corrected chi connectivity index (χ1v) is 0.775. The van der Waals surface area contributed by atoms with Crippen molar-refractivity contribution in [1.29, 1.82) is 0 Å². The average molecular weight is 93.1 g/mol. The van der Waals surface area contributed by atoms with Crippen molar-refractivity contribution in [2.24, 2.45) is 4.99 Å². The van der Waals surface area contributed by atoms with Crippen molar-refractivity contribution >= 4 is 13.1 Å². The van der Waals surface area contributed by atoms with Crippen LogP contribution in [0, 0.1) is 0 Å². The van der Waals surface area contributed by atoms with Crippen molar-refractivity contribution in [2.45, 2.75) is 0 Å². The van der Waals surface area contributed by atoms with Gasteiger partial charge in [0, 0.05) is 0 Å². The topological polar surface area (TPSA) is 34.7 Å². The summed E-state index contributed by atoms with van der Waals surface area (Å²) in [6, 6.07) is 0. The number of nitrogens with zero attached hydrogens (tertiary/aromatic N) is 2. The Hall–Kier alpha value is 0.976. The second kappa shape index (κ2) is 8.88. The Morgan fingerprint density at radius 2 is 2.00 bits per heavy atom. The first-order chi connectivity index (χ1) is 1.91. The minimum absolute atomic E-state index is 0. The summed E-state index contributed by atoms with van der Waals surface area (Å²) in [5, 5.41) is 7.46. The maximum atomic E-state index is 7.46. The molecular weight excluding hydrogens is 91.1 g/mol. The minimum Gasteiger partial charge on any atom is -0.650 e. The first-order valence-electron chi connectivity index (χ1n) is 0.775. The van der Waals surface area contributed by atoms with Gasteiger partial charge in [0.2, 0.25) is 0 Å². The smallest absolute Gasteiger partial charge is 0.650 e. The Kier molecular flexibility index (Phi) is 16.6. The van der Waals surface area contributed by atoms with Crippen LogP contribution in [0.3, 0.4) is 0 Å². The molecule has 0 atom stereocenters. The van der Waals surface area contributed by atoms with Crippen molar-refractivity contribution in [3.63, 3.8) is 0 Å². The summed E-state index contributed by atoms with van der Waals surface area (Å²) in [6.07, 6.45) is 0.528. The molecule has 0 aromatic heterocycles. The maximum Gasteiger partial charge on any atom is 1.00 e. The van der Waals surface area contributed by atoms with E-state index in [1.807, 2.05) is 0 Å². The van der Waals surface area contributed by atoms with Gasteiger partial charge in [0.05, 0.1) is 0 Å². The molecule has 0 saturated carbocycles. The van der Waals surface area contributed by atoms with E-state index < -0.39 is 0 Å². The van der Waals surface area contributed by atoms with Crippen molar-refractivity contribution in [2.75, 3.05) is 0 Å². The van der Waals surface area contributed by atoms with E-state index in [0.29, 0.717) is 6.34 Å². The molecule has 0 saturated heterocycles. The van der Waals surface area contributed by atoms with E-state index in [4.69, 9.17) is 5.41 Å². The zero-order chi connectivity index (χ0) is 3.41. The molecule has 3 heteroatoms. The Bertz CT molecular complexity index is 28.6. The van der Waals surface area contributed by atoms with Gasteiger partial charge in [-0.25, -0.2) is 0 Å². The van der Waals surface area contributed by atoms with Gasteiger partial charge in [-0.1, -0.05) is 0 Å². The third-order valence-corrected chi connectivity index (χ3v) is 0.0667. The first kappa shape index (κ1) is 9.36. The molecule has 0 rings (SSSR count). The molecule has 0 fully saturated rings. The molecule has 0 aromatic rings. The van der Waals surface area contributed by atoms with Crippen molar-refractivity contribution < 1.29 is 51.4 Å². The molecule has 0 N–H and O–H groups in total. The number of hydrogen-bond donors (Lipinski definition) is 0. The van der Waals surface area contributed by atoms with Gasteiger partial charge in [-0.2, -0.15) is 0 Å². The van der Waals surface area contributed by atoms with E-state index in [2.05, 4.69) is 11.7 Å². The Morgan fingerprint density at radius 1 is 1.80 bits per heavy atom. The molecule has 0 radical (unpaired) electrons. The molecule has 0 aromatic carbocycles. The molecule has 0 aliphatic rings. The van der Waals surface area contributed by atoms with Gasteiger partial charge < -0.3 is 17.1 Å². The number of rotatable bonds is 1. The van der Waals surface area contributed by atoms with Gasteiger partial charge in [-0.3, -0.25) is 6.34 Å². The molecular formula is C2H2KN2-. The van der Waals surface area contributed by atoms with Crippen LogP contribution in [0.25, 0.3) is 5.41 Å². The zero-order valence-electron chi connectivity index (χ0n) is 3.05. The van der Waals surface area contributed by atoms with Gasteiger partial charge in [0.25, 0.3) is 0 Å². The second-order valence-corrected chi connectivity index (χ2v) is 0.265. The van der Waals surface area contributed by atoms with Gasteiger partial charge in [0.15, 0.2) is 0 Å². The normalized spacial score (nSPS) is 4.00. The van der Waals surface area contributed by atoms with E-state index in [9.17, 15) is 0 Å². The minimum atomic E-state index is 0. The van der Waals surface area contributed by atoms with Crippen LogP contribution >= 0.6 is 0 Å². The van der Waals surface area contributed by atoms with Crippen LogP contribution in [0.15, 0.2) is 4.99 Å². The molecule has 0 spiro atoms. The average Bonchev–Trinajstić information content (AvgIpc) is 1.37. The monoisotopic (exact) mass is 93.0 g/mol. The Labute approximate surface area is 73.6 Å². The summed E-state index contributed by atoms with van der Waals surface area (Å²) in [5.41, 5.74) is 0. The Morgan fingerprint density at radius 3 is 2.00 bits per heavy atom. The van der Waals surface area contributed by atoms with Crippen LogP contribution in [0.5, 0.6) is 0 Å². The number of aliphatic imine (C=N–C) groups is 1. The van der Waals surface area contributed by atoms with E-state index in [1.54, 1.807) is 0 Å². The maximum absolute atomic E-state index is 7.46. The largest absolute Gasteiger partial charge is 1.00 e. The van der Waals surface area contributed by atoms with Crippen LogP contribution < -0.4 is 51.4 Å². The third kappa shape index (κ3) is 11.3. The molecule has 0 amide bonds. The SMILES string of the molecule is [CH-]=NC=[N-].[K+]. The fourth-order valence-electron chi connectivity index (χ4n) is 0. The van der Waals surface area contributed by atoms with Gasteiger partial charge in [-0.15, -0.1) is 0 Å². The molecule has 5 heavy (non-hydrogen) atoms. The molecule has 22 valence electrons. The van der Waals surface area contributed by atoms with E-state index in [0.717, 1.165) is 0 Å². The van der Waals surface area contributed by atoms with E-state index >= 15 is 0 Å². The predicted molar refractivity (Wildman–Crippen MR) is 17.9 cm³/mol. The summed E-state index contributed by atoms with van der Waals surface area (Å²) < 4.78 is 0. The zero-order valence-corrected chi connectivity index (χ0v) is 6.17. The molecule has 0 aliphatic heterocycles. The molecule has 0 bridgehead atoms. The molecule has 0 unspecified atom stereocenters. The van der Waals surface area contributed by atoms with Crippen LogP contribution in [0.4, 0.5) is 0 Å². The quantitative estimate of drug-likeness (QED) is 0.145. The summed E-state index contributed by atoms with van der Waals surface area (Å²) in [7, 11) is 0. The fourth-order valence-corrected chi connectivity index (χ4v) is 0. The van der Waals surface area contributed by atoms with Crippen molar-refractivity contribution in [1.82, 2.24) is 0 Å². The standard InChI is InChI=1S/C2H2N2.K/c1-4-2-3;/h1-2H;/q-2;+1. The van der Waals surface area contributed by atoms with Crippen molar-refractivity contribution in [3.05, 3.63) is 5.41 Å². The fraction of sp³-hybridized carbons (Fsp3) is 0. The number of hydrogen-bond acceptors (Lipinski definition) is 0. The van der Waals surface area contributed by atoms with Crippen LogP contribution in [0.2, 0.25) is 0 Å². The van der Waals surface area contributed by atoms with Crippen LogP contribution in [-0.4, -0.2) is 13.1 Å². The molecule has 0 heterocycles. The summed E-state index contributed by atoms with van der Waals surface area (Å²) in [6.45, 7) is 4.35. The summed E-state index contributed by atoms with van der Waals surface area (Å²) >= 11 is 0. The summed E-state index contributed by atoms with van der Waals surface area (Å²) in [5.74, 6) is 0. The van der Waals surface area contributed by atoms with Crippen LogP contribution in [0.1, 0.15) is 0 Å². The van der Waals surface area contributed by atoms with Crippen LogP contribution in [-0.2, 0) is 0 Å². The van der Waals surface area contributed by atoms with Gasteiger partial charge >= 0.3 is 51.4 Å². The summed E-state index contributed by atoms with van der Waals surface area (Å²) in [4.78, 5) is 2.67.